The number of hydrogen-bond acceptors (Lipinski definition) is 3. The largest absolute Gasteiger partial charge is 0.381 e. The van der Waals surface area contributed by atoms with E-state index >= 15 is 0 Å². The van der Waals surface area contributed by atoms with Gasteiger partial charge in [-0.3, -0.25) is 4.99 Å². The van der Waals surface area contributed by atoms with Gasteiger partial charge in [0.15, 0.2) is 5.96 Å². The normalized spacial score (nSPS) is 21.5. The molecule has 142 valence electrons. The molecule has 0 aliphatic heterocycles. The van der Waals surface area contributed by atoms with Crippen LogP contribution in [0.4, 0.5) is 0 Å². The summed E-state index contributed by atoms with van der Waals surface area (Å²) in [6, 6.07) is 10.5. The van der Waals surface area contributed by atoms with E-state index in [9.17, 15) is 0 Å². The summed E-state index contributed by atoms with van der Waals surface area (Å²) >= 11 is 0. The highest BCUT2D eigenvalue weighted by Gasteiger charge is 2.48. The third-order valence-electron chi connectivity index (χ3n) is 5.13. The first-order valence-electron chi connectivity index (χ1n) is 8.64. The second-order valence-electron chi connectivity index (χ2n) is 7.01. The Morgan fingerprint density at radius 3 is 2.69 bits per heavy atom. The Bertz CT molecular complexity index is 729. The summed E-state index contributed by atoms with van der Waals surface area (Å²) in [6.45, 7) is 5.02. The molecule has 2 atom stereocenters. The number of nitrogens with one attached hydrogen (secondary N) is 3. The van der Waals surface area contributed by atoms with Crippen molar-refractivity contribution < 1.29 is 4.74 Å². The highest BCUT2D eigenvalue weighted by molar-refractivity contribution is 14.0. The molecule has 1 heterocycles. The van der Waals surface area contributed by atoms with Crippen LogP contribution in [0.1, 0.15) is 26.1 Å². The SMILES string of the molecule is CN=C(NCc1ncc(-c2ccccc2)[nH]1)NC1CC(OC)C1(C)C.I. The van der Waals surface area contributed by atoms with Crippen molar-refractivity contribution in [3.8, 4) is 11.3 Å². The molecular formula is C19H28IN5O. The van der Waals surface area contributed by atoms with Crippen molar-refractivity contribution in [3.05, 3.63) is 42.4 Å². The number of rotatable bonds is 5. The van der Waals surface area contributed by atoms with Gasteiger partial charge in [-0.15, -0.1) is 24.0 Å². The van der Waals surface area contributed by atoms with Gasteiger partial charge in [-0.2, -0.15) is 0 Å². The first kappa shape index (κ1) is 20.7. The van der Waals surface area contributed by atoms with Gasteiger partial charge >= 0.3 is 0 Å². The van der Waals surface area contributed by atoms with E-state index in [1.165, 1.54) is 0 Å². The number of imidazole rings is 1. The van der Waals surface area contributed by atoms with Crippen molar-refractivity contribution in [3.63, 3.8) is 0 Å². The zero-order valence-corrected chi connectivity index (χ0v) is 18.1. The van der Waals surface area contributed by atoms with Gasteiger partial charge < -0.3 is 20.4 Å². The van der Waals surface area contributed by atoms with Gasteiger partial charge in [-0.25, -0.2) is 4.98 Å². The third kappa shape index (κ3) is 4.37. The van der Waals surface area contributed by atoms with E-state index in [2.05, 4.69) is 51.6 Å². The monoisotopic (exact) mass is 469 g/mol. The van der Waals surface area contributed by atoms with E-state index in [4.69, 9.17) is 4.74 Å². The minimum absolute atomic E-state index is 0. The predicted molar refractivity (Wildman–Crippen MR) is 116 cm³/mol. The number of aromatic amines is 1. The van der Waals surface area contributed by atoms with Crippen LogP contribution in [0.3, 0.4) is 0 Å². The molecule has 0 amide bonds. The lowest BCUT2D eigenvalue weighted by atomic mass is 9.64. The highest BCUT2D eigenvalue weighted by Crippen LogP contribution is 2.42. The minimum atomic E-state index is 0. The summed E-state index contributed by atoms with van der Waals surface area (Å²) in [5, 5.41) is 6.81. The lowest BCUT2D eigenvalue weighted by Crippen LogP contribution is -2.63. The van der Waals surface area contributed by atoms with Crippen LogP contribution in [0.5, 0.6) is 0 Å². The average Bonchev–Trinajstić information content (AvgIpc) is 3.10. The number of H-pyrrole nitrogens is 1. The maximum atomic E-state index is 5.51. The summed E-state index contributed by atoms with van der Waals surface area (Å²) in [5.74, 6) is 1.66. The van der Waals surface area contributed by atoms with Gasteiger partial charge in [0, 0.05) is 25.6 Å². The molecule has 6 nitrogen and oxygen atoms in total. The molecule has 2 unspecified atom stereocenters. The zero-order chi connectivity index (χ0) is 17.9. The fourth-order valence-electron chi connectivity index (χ4n) is 3.27. The summed E-state index contributed by atoms with van der Waals surface area (Å²) in [7, 11) is 3.56. The number of ether oxygens (including phenoxy) is 1. The summed E-state index contributed by atoms with van der Waals surface area (Å²) in [4.78, 5) is 12.1. The molecule has 3 rings (SSSR count). The number of methoxy groups -OCH3 is 1. The van der Waals surface area contributed by atoms with Crippen LogP contribution >= 0.6 is 24.0 Å². The summed E-state index contributed by atoms with van der Waals surface area (Å²) < 4.78 is 5.51. The quantitative estimate of drug-likeness (QED) is 0.358. The number of nitrogens with zero attached hydrogens (tertiary/aromatic N) is 2. The van der Waals surface area contributed by atoms with Gasteiger partial charge in [0.25, 0.3) is 0 Å². The Labute approximate surface area is 172 Å². The van der Waals surface area contributed by atoms with Crippen LogP contribution in [0.2, 0.25) is 0 Å². The van der Waals surface area contributed by atoms with E-state index in [1.54, 1.807) is 14.2 Å². The lowest BCUT2D eigenvalue weighted by Gasteiger charge is -2.51. The van der Waals surface area contributed by atoms with Crippen molar-refractivity contribution in [2.24, 2.45) is 10.4 Å². The molecule has 1 aliphatic carbocycles. The van der Waals surface area contributed by atoms with Gasteiger partial charge in [0.1, 0.15) is 5.82 Å². The molecule has 26 heavy (non-hydrogen) atoms. The lowest BCUT2D eigenvalue weighted by molar-refractivity contribution is -0.0922. The van der Waals surface area contributed by atoms with Crippen LogP contribution in [0.25, 0.3) is 11.3 Å². The molecule has 2 aromatic rings. The molecular weight excluding hydrogens is 441 g/mol. The molecule has 0 radical (unpaired) electrons. The van der Waals surface area contributed by atoms with E-state index < -0.39 is 0 Å². The minimum Gasteiger partial charge on any atom is -0.381 e. The average molecular weight is 469 g/mol. The van der Waals surface area contributed by atoms with Crippen LogP contribution in [0, 0.1) is 5.41 Å². The van der Waals surface area contributed by atoms with E-state index in [-0.39, 0.29) is 29.4 Å². The van der Waals surface area contributed by atoms with Gasteiger partial charge in [-0.05, 0) is 12.0 Å². The third-order valence-corrected chi connectivity index (χ3v) is 5.13. The van der Waals surface area contributed by atoms with E-state index in [1.807, 2.05) is 24.4 Å². The van der Waals surface area contributed by atoms with Crippen molar-refractivity contribution in [2.75, 3.05) is 14.2 Å². The molecule has 0 spiro atoms. The second-order valence-corrected chi connectivity index (χ2v) is 7.01. The number of hydrogen-bond donors (Lipinski definition) is 3. The Kier molecular flexibility index (Phi) is 7.05. The van der Waals surface area contributed by atoms with Crippen LogP contribution < -0.4 is 10.6 Å². The Balaban J connectivity index is 0.00000243. The standard InChI is InChI=1S/C19H27N5O.HI/c1-19(2)15(10-16(19)25-4)24-18(20-3)22-12-17-21-11-14(23-17)13-8-6-5-7-9-13;/h5-9,11,15-16H,10,12H2,1-4H3,(H,21,23)(H2,20,22,24);1H. The molecule has 1 aromatic heterocycles. The molecule has 1 aromatic carbocycles. The van der Waals surface area contributed by atoms with Crippen LogP contribution in [-0.4, -0.2) is 42.2 Å². The smallest absolute Gasteiger partial charge is 0.191 e. The molecule has 3 N–H and O–H groups in total. The molecule has 1 fully saturated rings. The maximum absolute atomic E-state index is 5.51. The first-order valence-corrected chi connectivity index (χ1v) is 8.64. The second kappa shape index (κ2) is 8.85. The van der Waals surface area contributed by atoms with Crippen LogP contribution in [0.15, 0.2) is 41.5 Å². The summed E-state index contributed by atoms with van der Waals surface area (Å²) in [6.07, 6.45) is 3.14. The van der Waals surface area contributed by atoms with E-state index in [0.717, 1.165) is 29.5 Å². The number of guanidine groups is 1. The zero-order valence-electron chi connectivity index (χ0n) is 15.7. The Morgan fingerprint density at radius 1 is 1.35 bits per heavy atom. The summed E-state index contributed by atoms with van der Waals surface area (Å²) in [5.41, 5.74) is 2.24. The Morgan fingerprint density at radius 2 is 2.08 bits per heavy atom. The van der Waals surface area contributed by atoms with E-state index in [0.29, 0.717) is 18.7 Å². The topological polar surface area (TPSA) is 74.3 Å². The van der Waals surface area contributed by atoms with Crippen LogP contribution in [-0.2, 0) is 11.3 Å². The highest BCUT2D eigenvalue weighted by atomic mass is 127. The first-order chi connectivity index (χ1) is 12.0. The van der Waals surface area contributed by atoms with Gasteiger partial charge in [0.2, 0.25) is 0 Å². The number of aliphatic imine (C=N–C) groups is 1. The number of benzene rings is 1. The van der Waals surface area contributed by atoms with Gasteiger partial charge in [0.05, 0.1) is 24.5 Å². The fourth-order valence-corrected chi connectivity index (χ4v) is 3.27. The van der Waals surface area contributed by atoms with Gasteiger partial charge in [-0.1, -0.05) is 44.2 Å². The Hall–Kier alpha value is -1.61. The molecule has 0 saturated heterocycles. The van der Waals surface area contributed by atoms with Crippen molar-refractivity contribution >= 4 is 29.9 Å². The maximum Gasteiger partial charge on any atom is 0.191 e. The predicted octanol–water partition coefficient (Wildman–Crippen LogP) is 3.17. The molecule has 1 aliphatic rings. The van der Waals surface area contributed by atoms with Crippen molar-refractivity contribution in [2.45, 2.75) is 39.0 Å². The van der Waals surface area contributed by atoms with Crippen molar-refractivity contribution in [1.82, 2.24) is 20.6 Å². The number of aromatic nitrogens is 2. The molecule has 0 bridgehead atoms. The fraction of sp³-hybridized carbons (Fsp3) is 0.474. The molecule has 1 saturated carbocycles. The number of halogens is 1. The van der Waals surface area contributed by atoms with Crippen molar-refractivity contribution in [1.29, 1.82) is 0 Å². The molecule has 7 heteroatoms.